The van der Waals surface area contributed by atoms with Gasteiger partial charge >= 0.3 is 5.97 Å². The number of carboxylic acids is 1. The van der Waals surface area contributed by atoms with Crippen molar-refractivity contribution < 1.29 is 14.3 Å². The molecule has 0 spiro atoms. The molecule has 0 aromatic carbocycles. The third kappa shape index (κ3) is 2.59. The van der Waals surface area contributed by atoms with Crippen LogP contribution in [-0.4, -0.2) is 28.6 Å². The second kappa shape index (κ2) is 4.49. The molecule has 1 aliphatic heterocycles. The Kier molecular flexibility index (Phi) is 3.06. The van der Waals surface area contributed by atoms with Crippen LogP contribution in [0.3, 0.4) is 0 Å². The lowest BCUT2D eigenvalue weighted by Gasteiger charge is -2.21. The summed E-state index contributed by atoms with van der Waals surface area (Å²) in [7, 11) is 0. The molecule has 15 heavy (non-hydrogen) atoms. The van der Waals surface area contributed by atoms with Crippen LogP contribution in [-0.2, 0) is 11.3 Å². The number of carboxylic acid groups (broad SMARTS) is 1. The predicted octanol–water partition coefficient (Wildman–Crippen LogP) is 1.72. The van der Waals surface area contributed by atoms with Crippen LogP contribution in [0.25, 0.3) is 0 Å². The number of furan rings is 1. The van der Waals surface area contributed by atoms with Crippen LogP contribution in [0, 0.1) is 0 Å². The number of carbonyl (C=O) groups is 1. The van der Waals surface area contributed by atoms with Gasteiger partial charge in [0.05, 0.1) is 19.2 Å². The highest BCUT2D eigenvalue weighted by molar-refractivity contribution is 5.67. The number of hydrogen-bond acceptors (Lipinski definition) is 3. The largest absolute Gasteiger partial charge is 0.481 e. The molecule has 82 valence electrons. The fourth-order valence-electron chi connectivity index (χ4n) is 2.14. The Morgan fingerprint density at radius 2 is 2.53 bits per heavy atom. The van der Waals surface area contributed by atoms with Crippen LogP contribution in [0.2, 0.25) is 0 Å². The van der Waals surface area contributed by atoms with E-state index in [1.807, 2.05) is 12.1 Å². The molecule has 0 amide bonds. The number of likely N-dealkylation sites (tertiary alicyclic amines) is 1. The zero-order valence-corrected chi connectivity index (χ0v) is 8.56. The second-order valence-corrected chi connectivity index (χ2v) is 3.94. The van der Waals surface area contributed by atoms with Crippen molar-refractivity contribution in [3.63, 3.8) is 0 Å². The van der Waals surface area contributed by atoms with Gasteiger partial charge in [0.15, 0.2) is 0 Å². The van der Waals surface area contributed by atoms with Crippen molar-refractivity contribution >= 4 is 5.97 Å². The molecule has 0 aliphatic carbocycles. The zero-order valence-electron chi connectivity index (χ0n) is 8.56. The molecule has 1 aromatic heterocycles. The van der Waals surface area contributed by atoms with Crippen molar-refractivity contribution in [2.45, 2.75) is 31.8 Å². The molecule has 2 heterocycles. The highest BCUT2D eigenvalue weighted by Crippen LogP contribution is 2.22. The summed E-state index contributed by atoms with van der Waals surface area (Å²) < 4.78 is 5.26. The van der Waals surface area contributed by atoms with E-state index in [2.05, 4.69) is 4.90 Å². The van der Waals surface area contributed by atoms with Crippen molar-refractivity contribution in [1.82, 2.24) is 4.90 Å². The molecule has 1 aliphatic rings. The van der Waals surface area contributed by atoms with E-state index < -0.39 is 5.97 Å². The summed E-state index contributed by atoms with van der Waals surface area (Å²) in [6.07, 6.45) is 3.95. The van der Waals surface area contributed by atoms with Gasteiger partial charge in [-0.25, -0.2) is 0 Å². The van der Waals surface area contributed by atoms with Crippen molar-refractivity contribution in [3.8, 4) is 0 Å². The van der Waals surface area contributed by atoms with Crippen LogP contribution in [0.15, 0.2) is 22.8 Å². The zero-order chi connectivity index (χ0) is 10.7. The van der Waals surface area contributed by atoms with Gasteiger partial charge < -0.3 is 9.52 Å². The third-order valence-corrected chi connectivity index (χ3v) is 2.85. The van der Waals surface area contributed by atoms with Gasteiger partial charge in [-0.1, -0.05) is 0 Å². The standard InChI is InChI=1S/C11H15NO3/c13-11(14)7-9-3-1-5-12(9)8-10-4-2-6-15-10/h2,4,6,9H,1,3,5,7-8H2,(H,13,14). The maximum absolute atomic E-state index is 10.7. The second-order valence-electron chi connectivity index (χ2n) is 3.94. The van der Waals surface area contributed by atoms with E-state index in [1.165, 1.54) is 0 Å². The number of nitrogens with zero attached hydrogens (tertiary/aromatic N) is 1. The summed E-state index contributed by atoms with van der Waals surface area (Å²) in [5, 5.41) is 8.77. The summed E-state index contributed by atoms with van der Waals surface area (Å²) in [5.74, 6) is 0.193. The first-order valence-corrected chi connectivity index (χ1v) is 5.24. The Hall–Kier alpha value is -1.29. The summed E-state index contributed by atoms with van der Waals surface area (Å²) in [5.41, 5.74) is 0. The number of hydrogen-bond donors (Lipinski definition) is 1. The summed E-state index contributed by atoms with van der Waals surface area (Å²) in [4.78, 5) is 12.8. The molecule has 1 saturated heterocycles. The highest BCUT2D eigenvalue weighted by atomic mass is 16.4. The topological polar surface area (TPSA) is 53.7 Å². The average molecular weight is 209 g/mol. The predicted molar refractivity (Wildman–Crippen MR) is 54.4 cm³/mol. The highest BCUT2D eigenvalue weighted by Gasteiger charge is 2.26. The summed E-state index contributed by atoms with van der Waals surface area (Å²) in [6, 6.07) is 3.96. The molecular formula is C11H15NO3. The summed E-state index contributed by atoms with van der Waals surface area (Å²) >= 11 is 0. The van der Waals surface area contributed by atoms with Gasteiger partial charge in [0.1, 0.15) is 5.76 Å². The SMILES string of the molecule is O=C(O)CC1CCCN1Cc1ccco1. The van der Waals surface area contributed by atoms with Crippen molar-refractivity contribution in [2.24, 2.45) is 0 Å². The van der Waals surface area contributed by atoms with E-state index in [9.17, 15) is 4.79 Å². The quantitative estimate of drug-likeness (QED) is 0.820. The molecule has 0 saturated carbocycles. The molecule has 4 heteroatoms. The Morgan fingerprint density at radius 1 is 1.67 bits per heavy atom. The van der Waals surface area contributed by atoms with Gasteiger partial charge in [-0.05, 0) is 31.5 Å². The lowest BCUT2D eigenvalue weighted by atomic mass is 10.1. The molecule has 0 radical (unpaired) electrons. The smallest absolute Gasteiger partial charge is 0.304 e. The molecule has 1 fully saturated rings. The molecule has 4 nitrogen and oxygen atoms in total. The van der Waals surface area contributed by atoms with E-state index in [0.29, 0.717) is 0 Å². The van der Waals surface area contributed by atoms with E-state index >= 15 is 0 Å². The van der Waals surface area contributed by atoms with Crippen LogP contribution in [0.4, 0.5) is 0 Å². The van der Waals surface area contributed by atoms with Crippen LogP contribution in [0.5, 0.6) is 0 Å². The van der Waals surface area contributed by atoms with E-state index in [1.54, 1.807) is 6.26 Å². The molecule has 1 N–H and O–H groups in total. The minimum atomic E-state index is -0.716. The Balaban J connectivity index is 1.93. The molecule has 2 rings (SSSR count). The lowest BCUT2D eigenvalue weighted by molar-refractivity contribution is -0.138. The minimum Gasteiger partial charge on any atom is -0.481 e. The van der Waals surface area contributed by atoms with E-state index in [0.717, 1.165) is 31.7 Å². The first-order chi connectivity index (χ1) is 7.25. The molecule has 0 bridgehead atoms. The Bertz CT molecular complexity index is 321. The van der Waals surface area contributed by atoms with Crippen molar-refractivity contribution in [1.29, 1.82) is 0 Å². The van der Waals surface area contributed by atoms with Crippen LogP contribution >= 0.6 is 0 Å². The average Bonchev–Trinajstić information content (AvgIpc) is 2.78. The van der Waals surface area contributed by atoms with Gasteiger partial charge in [0, 0.05) is 6.04 Å². The number of aliphatic carboxylic acids is 1. The van der Waals surface area contributed by atoms with Gasteiger partial charge in [-0.2, -0.15) is 0 Å². The normalized spacial score (nSPS) is 22.0. The van der Waals surface area contributed by atoms with Gasteiger partial charge in [-0.3, -0.25) is 9.69 Å². The maximum Gasteiger partial charge on any atom is 0.304 e. The first-order valence-electron chi connectivity index (χ1n) is 5.24. The summed E-state index contributed by atoms with van der Waals surface area (Å²) in [6.45, 7) is 1.70. The minimum absolute atomic E-state index is 0.174. The monoisotopic (exact) mass is 209 g/mol. The molecule has 1 aromatic rings. The van der Waals surface area contributed by atoms with Crippen LogP contribution in [0.1, 0.15) is 25.0 Å². The van der Waals surface area contributed by atoms with Gasteiger partial charge in [0.2, 0.25) is 0 Å². The Morgan fingerprint density at radius 3 is 3.20 bits per heavy atom. The van der Waals surface area contributed by atoms with E-state index in [4.69, 9.17) is 9.52 Å². The van der Waals surface area contributed by atoms with Crippen LogP contribution < -0.4 is 0 Å². The van der Waals surface area contributed by atoms with E-state index in [-0.39, 0.29) is 12.5 Å². The molecular weight excluding hydrogens is 194 g/mol. The molecule has 1 unspecified atom stereocenters. The van der Waals surface area contributed by atoms with Crippen molar-refractivity contribution in [2.75, 3.05) is 6.54 Å². The lowest BCUT2D eigenvalue weighted by Crippen LogP contribution is -2.30. The fourth-order valence-corrected chi connectivity index (χ4v) is 2.14. The van der Waals surface area contributed by atoms with Gasteiger partial charge in [-0.15, -0.1) is 0 Å². The number of rotatable bonds is 4. The van der Waals surface area contributed by atoms with Gasteiger partial charge in [0.25, 0.3) is 0 Å². The first kappa shape index (κ1) is 10.2. The maximum atomic E-state index is 10.7. The fraction of sp³-hybridized carbons (Fsp3) is 0.545. The Labute approximate surface area is 88.5 Å². The third-order valence-electron chi connectivity index (χ3n) is 2.85. The molecule has 1 atom stereocenters. The van der Waals surface area contributed by atoms with Crippen molar-refractivity contribution in [3.05, 3.63) is 24.2 Å².